The number of fused-ring (bicyclic) bond motifs is 2. The summed E-state index contributed by atoms with van der Waals surface area (Å²) in [5.74, 6) is -1.14. The summed E-state index contributed by atoms with van der Waals surface area (Å²) >= 11 is 0. The van der Waals surface area contributed by atoms with Crippen molar-refractivity contribution in [1.82, 2.24) is 4.90 Å². The molecule has 0 aromatic carbocycles. The van der Waals surface area contributed by atoms with Gasteiger partial charge in [0, 0.05) is 13.0 Å². The number of hydrogen-bond donors (Lipinski definition) is 0. The maximum Gasteiger partial charge on any atom is 0.306 e. The lowest BCUT2D eigenvalue weighted by atomic mass is 10.0. The first-order valence-electron chi connectivity index (χ1n) is 8.10. The molecule has 0 aliphatic carbocycles. The molecule has 0 N–H and O–H groups in total. The van der Waals surface area contributed by atoms with Crippen LogP contribution in [0.25, 0.3) is 0 Å². The standard InChI is InChI=1S/C17H25NO5/c1-11-12-8-9-13(22-12)16(21)18(15(11)20)10-6-5-7-14(19)23-17(2,3)4/h8-9,11-13H,5-7,10H2,1-4H3. The summed E-state index contributed by atoms with van der Waals surface area (Å²) in [4.78, 5) is 37.6. The summed E-state index contributed by atoms with van der Waals surface area (Å²) < 4.78 is 10.8. The number of carbonyl (C=O) groups excluding carboxylic acids is 3. The highest BCUT2D eigenvalue weighted by Crippen LogP contribution is 2.26. The zero-order valence-electron chi connectivity index (χ0n) is 14.2. The minimum Gasteiger partial charge on any atom is -0.460 e. The average Bonchev–Trinajstić information content (AvgIpc) is 2.90. The zero-order chi connectivity index (χ0) is 17.2. The molecule has 2 amide bonds. The molecule has 0 aromatic heterocycles. The van der Waals surface area contributed by atoms with Crippen LogP contribution >= 0.6 is 0 Å². The molecular formula is C17H25NO5. The predicted molar refractivity (Wildman–Crippen MR) is 83.4 cm³/mol. The van der Waals surface area contributed by atoms with Crippen LogP contribution in [0.15, 0.2) is 12.2 Å². The number of rotatable bonds is 5. The topological polar surface area (TPSA) is 72.9 Å². The second kappa shape index (κ2) is 6.83. The number of hydrogen-bond acceptors (Lipinski definition) is 5. The number of ether oxygens (including phenoxy) is 2. The average molecular weight is 323 g/mol. The van der Waals surface area contributed by atoms with Crippen molar-refractivity contribution < 1.29 is 23.9 Å². The quantitative estimate of drug-likeness (QED) is 0.334. The van der Waals surface area contributed by atoms with Crippen molar-refractivity contribution in [2.75, 3.05) is 6.54 Å². The third-order valence-corrected chi connectivity index (χ3v) is 3.87. The van der Waals surface area contributed by atoms with Gasteiger partial charge in [0.25, 0.3) is 5.91 Å². The highest BCUT2D eigenvalue weighted by atomic mass is 16.6. The van der Waals surface area contributed by atoms with Crippen LogP contribution in [0, 0.1) is 5.92 Å². The second-order valence-corrected chi connectivity index (χ2v) is 7.07. The molecule has 2 aliphatic heterocycles. The van der Waals surface area contributed by atoms with E-state index >= 15 is 0 Å². The van der Waals surface area contributed by atoms with E-state index in [2.05, 4.69) is 0 Å². The molecule has 2 rings (SSSR count). The monoisotopic (exact) mass is 323 g/mol. The van der Waals surface area contributed by atoms with Gasteiger partial charge in [0.05, 0.1) is 12.0 Å². The fourth-order valence-corrected chi connectivity index (χ4v) is 2.70. The fraction of sp³-hybridized carbons (Fsp3) is 0.706. The van der Waals surface area contributed by atoms with E-state index in [9.17, 15) is 14.4 Å². The van der Waals surface area contributed by atoms with E-state index in [0.29, 0.717) is 19.4 Å². The van der Waals surface area contributed by atoms with E-state index in [1.165, 1.54) is 4.90 Å². The molecule has 2 aliphatic rings. The smallest absolute Gasteiger partial charge is 0.306 e. The number of unbranched alkanes of at least 4 members (excludes halogenated alkanes) is 1. The van der Waals surface area contributed by atoms with Crippen LogP contribution in [-0.2, 0) is 23.9 Å². The van der Waals surface area contributed by atoms with Crippen LogP contribution in [-0.4, -0.2) is 47.0 Å². The Balaban J connectivity index is 1.83. The third-order valence-electron chi connectivity index (χ3n) is 3.87. The van der Waals surface area contributed by atoms with Gasteiger partial charge in [-0.15, -0.1) is 0 Å². The molecule has 128 valence electrons. The van der Waals surface area contributed by atoms with Gasteiger partial charge in [0.15, 0.2) is 6.10 Å². The summed E-state index contributed by atoms with van der Waals surface area (Å²) in [5, 5.41) is 0. The van der Waals surface area contributed by atoms with E-state index in [0.717, 1.165) is 0 Å². The van der Waals surface area contributed by atoms with Gasteiger partial charge in [-0.1, -0.05) is 13.0 Å². The lowest BCUT2D eigenvalue weighted by Crippen LogP contribution is -2.43. The summed E-state index contributed by atoms with van der Waals surface area (Å²) in [6, 6.07) is 0. The third kappa shape index (κ3) is 4.41. The molecule has 0 radical (unpaired) electrons. The van der Waals surface area contributed by atoms with E-state index in [1.807, 2.05) is 20.8 Å². The minimum atomic E-state index is -0.653. The normalized spacial score (nSPS) is 27.3. The number of nitrogens with zero attached hydrogens (tertiary/aromatic N) is 1. The Labute approximate surface area is 136 Å². The van der Waals surface area contributed by atoms with Gasteiger partial charge < -0.3 is 9.47 Å². The van der Waals surface area contributed by atoms with Crippen molar-refractivity contribution in [3.05, 3.63) is 12.2 Å². The zero-order valence-corrected chi connectivity index (χ0v) is 14.2. The van der Waals surface area contributed by atoms with Crippen LogP contribution in [0.3, 0.4) is 0 Å². The molecular weight excluding hydrogens is 298 g/mol. The first-order valence-corrected chi connectivity index (χ1v) is 8.10. The maximum absolute atomic E-state index is 12.4. The molecule has 1 saturated heterocycles. The lowest BCUT2D eigenvalue weighted by Gasteiger charge is -2.23. The van der Waals surface area contributed by atoms with Crippen molar-refractivity contribution in [2.45, 2.75) is 64.8 Å². The van der Waals surface area contributed by atoms with Crippen molar-refractivity contribution in [3.8, 4) is 0 Å². The number of carbonyl (C=O) groups is 3. The van der Waals surface area contributed by atoms with Crippen LogP contribution in [0.4, 0.5) is 0 Å². The van der Waals surface area contributed by atoms with Gasteiger partial charge in [-0.2, -0.15) is 0 Å². The summed E-state index contributed by atoms with van der Waals surface area (Å²) in [6.45, 7) is 7.55. The predicted octanol–water partition coefficient (Wildman–Crippen LogP) is 1.83. The molecule has 1 fully saturated rings. The Morgan fingerprint density at radius 2 is 1.91 bits per heavy atom. The minimum absolute atomic E-state index is 0.205. The SMILES string of the molecule is CC1C(=O)N(CCCCC(=O)OC(C)(C)C)C(=O)C2C=CC1O2. The molecule has 0 spiro atoms. The Morgan fingerprint density at radius 3 is 2.57 bits per heavy atom. The molecule has 3 unspecified atom stereocenters. The van der Waals surface area contributed by atoms with Crippen LogP contribution in [0.1, 0.15) is 47.0 Å². The molecule has 2 bridgehead atoms. The van der Waals surface area contributed by atoms with Crippen LogP contribution in [0.2, 0.25) is 0 Å². The molecule has 6 heteroatoms. The maximum atomic E-state index is 12.4. The molecule has 3 atom stereocenters. The van der Waals surface area contributed by atoms with E-state index in [4.69, 9.17) is 9.47 Å². The highest BCUT2D eigenvalue weighted by molar-refractivity contribution is 6.00. The summed E-state index contributed by atoms with van der Waals surface area (Å²) in [5.41, 5.74) is -0.494. The van der Waals surface area contributed by atoms with Gasteiger partial charge >= 0.3 is 5.97 Å². The number of esters is 1. The Hall–Kier alpha value is -1.69. The van der Waals surface area contributed by atoms with Gasteiger partial charge in [-0.05, 0) is 39.7 Å². The first-order chi connectivity index (χ1) is 10.7. The van der Waals surface area contributed by atoms with E-state index in [1.54, 1.807) is 19.1 Å². The van der Waals surface area contributed by atoms with Crippen molar-refractivity contribution in [3.63, 3.8) is 0 Å². The number of imide groups is 1. The second-order valence-electron chi connectivity index (χ2n) is 7.07. The van der Waals surface area contributed by atoms with E-state index in [-0.39, 0.29) is 36.2 Å². The molecule has 23 heavy (non-hydrogen) atoms. The largest absolute Gasteiger partial charge is 0.460 e. The molecule has 6 nitrogen and oxygen atoms in total. The first kappa shape index (κ1) is 17.7. The highest BCUT2D eigenvalue weighted by Gasteiger charge is 2.42. The fourth-order valence-electron chi connectivity index (χ4n) is 2.70. The number of amides is 2. The van der Waals surface area contributed by atoms with Gasteiger partial charge in [0.1, 0.15) is 5.60 Å². The molecule has 0 aromatic rings. The Kier molecular flexibility index (Phi) is 5.24. The molecule has 0 saturated carbocycles. The Morgan fingerprint density at radius 1 is 1.22 bits per heavy atom. The van der Waals surface area contributed by atoms with Gasteiger partial charge in [-0.3, -0.25) is 19.3 Å². The van der Waals surface area contributed by atoms with Crippen molar-refractivity contribution in [1.29, 1.82) is 0 Å². The lowest BCUT2D eigenvalue weighted by molar-refractivity contribution is -0.154. The van der Waals surface area contributed by atoms with Crippen molar-refractivity contribution in [2.24, 2.45) is 5.92 Å². The summed E-state index contributed by atoms with van der Waals surface area (Å²) in [7, 11) is 0. The van der Waals surface area contributed by atoms with Crippen molar-refractivity contribution >= 4 is 17.8 Å². The summed E-state index contributed by atoms with van der Waals surface area (Å²) in [6.07, 6.45) is 3.96. The van der Waals surface area contributed by atoms with E-state index < -0.39 is 11.7 Å². The van der Waals surface area contributed by atoms with Crippen LogP contribution in [0.5, 0.6) is 0 Å². The van der Waals surface area contributed by atoms with Crippen LogP contribution < -0.4 is 0 Å². The molecule has 2 heterocycles. The Bertz CT molecular complexity index is 520. The van der Waals surface area contributed by atoms with Gasteiger partial charge in [-0.25, -0.2) is 0 Å². The van der Waals surface area contributed by atoms with Gasteiger partial charge in [0.2, 0.25) is 5.91 Å².